The molecule has 0 bridgehead atoms. The molecule has 1 aliphatic carbocycles. The number of furan rings is 1. The van der Waals surface area contributed by atoms with E-state index >= 15 is 0 Å². The van der Waals surface area contributed by atoms with Crippen LogP contribution in [0.25, 0.3) is 0 Å². The van der Waals surface area contributed by atoms with Gasteiger partial charge >= 0.3 is 0 Å². The topological polar surface area (TPSA) is 62.6 Å². The van der Waals surface area contributed by atoms with Crippen molar-refractivity contribution in [1.82, 2.24) is 10.2 Å². The van der Waals surface area contributed by atoms with Gasteiger partial charge in [0.05, 0.1) is 6.26 Å². The Labute approximate surface area is 170 Å². The highest BCUT2D eigenvalue weighted by atomic mass is 35.5. The molecule has 1 aliphatic heterocycles. The fraction of sp³-hybridized carbons (Fsp3) is 0.455. The van der Waals surface area contributed by atoms with Gasteiger partial charge in [-0.25, -0.2) is 0 Å². The fourth-order valence-electron chi connectivity index (χ4n) is 4.64. The van der Waals surface area contributed by atoms with Gasteiger partial charge < -0.3 is 14.6 Å². The molecule has 2 amide bonds. The van der Waals surface area contributed by atoms with Crippen LogP contribution >= 0.6 is 11.6 Å². The minimum absolute atomic E-state index is 0.0728. The number of hydrogen-bond donors (Lipinski definition) is 1. The zero-order valence-electron chi connectivity index (χ0n) is 15.8. The second-order valence-electron chi connectivity index (χ2n) is 7.71. The number of nitrogens with one attached hydrogen (secondary N) is 1. The first-order valence-corrected chi connectivity index (χ1v) is 10.4. The number of carbonyl (C=O) groups excluding carboxylic acids is 2. The predicted molar refractivity (Wildman–Crippen MR) is 107 cm³/mol. The number of nitrogens with zero attached hydrogens (tertiary/aromatic N) is 1. The van der Waals surface area contributed by atoms with Gasteiger partial charge in [0.1, 0.15) is 11.8 Å². The molecule has 4 rings (SSSR count). The number of carbonyl (C=O) groups is 2. The number of amides is 2. The summed E-state index contributed by atoms with van der Waals surface area (Å²) in [5.41, 5.74) is 0.548. The van der Waals surface area contributed by atoms with E-state index in [0.717, 1.165) is 31.4 Å². The minimum atomic E-state index is -0.420. The molecular weight excluding hydrogens is 376 g/mol. The van der Waals surface area contributed by atoms with Crippen molar-refractivity contribution in [2.24, 2.45) is 5.92 Å². The molecule has 2 fully saturated rings. The fourth-order valence-corrected chi connectivity index (χ4v) is 4.83. The summed E-state index contributed by atoms with van der Waals surface area (Å²) in [7, 11) is 0. The van der Waals surface area contributed by atoms with Crippen molar-refractivity contribution >= 4 is 23.4 Å². The third-order valence-electron chi connectivity index (χ3n) is 5.95. The van der Waals surface area contributed by atoms with E-state index in [0.29, 0.717) is 29.5 Å². The Morgan fingerprint density at radius 3 is 2.82 bits per heavy atom. The van der Waals surface area contributed by atoms with Gasteiger partial charge in [-0.1, -0.05) is 30.5 Å². The zero-order chi connectivity index (χ0) is 19.5. The molecule has 2 aliphatic rings. The summed E-state index contributed by atoms with van der Waals surface area (Å²) < 4.78 is 5.32. The Bertz CT molecular complexity index is 836. The van der Waals surface area contributed by atoms with Crippen molar-refractivity contribution in [3.63, 3.8) is 0 Å². The number of benzene rings is 1. The first kappa shape index (κ1) is 19.1. The highest BCUT2D eigenvalue weighted by Crippen LogP contribution is 2.40. The standard InChI is InChI=1S/C22H25ClN2O3/c23-17-7-3-6-16(13-17)22(27)25-19-9-2-1-5-15(19)14-20(25)21(26)24-11-10-18-8-4-12-28-18/h3-4,6-8,12-13,15,19-20H,1-2,5,9-11,14H2,(H,24,26). The van der Waals surface area contributed by atoms with Gasteiger partial charge in [0, 0.05) is 29.6 Å². The monoisotopic (exact) mass is 400 g/mol. The van der Waals surface area contributed by atoms with Crippen LogP contribution < -0.4 is 5.32 Å². The highest BCUT2D eigenvalue weighted by Gasteiger charge is 2.47. The summed E-state index contributed by atoms with van der Waals surface area (Å²) in [6.45, 7) is 0.497. The number of halogens is 1. The molecule has 1 aromatic carbocycles. The van der Waals surface area contributed by atoms with Crippen LogP contribution in [0.4, 0.5) is 0 Å². The summed E-state index contributed by atoms with van der Waals surface area (Å²) in [6.07, 6.45) is 7.34. The quantitative estimate of drug-likeness (QED) is 0.823. The first-order valence-electron chi connectivity index (χ1n) is 10.0. The van der Waals surface area contributed by atoms with E-state index in [2.05, 4.69) is 5.32 Å². The predicted octanol–water partition coefficient (Wildman–Crippen LogP) is 4.07. The molecule has 2 heterocycles. The number of fused-ring (bicyclic) bond motifs is 1. The van der Waals surface area contributed by atoms with Gasteiger partial charge in [-0.05, 0) is 55.5 Å². The van der Waals surface area contributed by atoms with Crippen molar-refractivity contribution in [3.05, 3.63) is 59.0 Å². The molecule has 1 aromatic heterocycles. The van der Waals surface area contributed by atoms with E-state index < -0.39 is 6.04 Å². The lowest BCUT2D eigenvalue weighted by Crippen LogP contribution is -2.49. The molecule has 3 unspecified atom stereocenters. The van der Waals surface area contributed by atoms with Crippen molar-refractivity contribution in [2.45, 2.75) is 50.6 Å². The van der Waals surface area contributed by atoms with Crippen LogP contribution in [0.15, 0.2) is 47.1 Å². The molecule has 2 aromatic rings. The van der Waals surface area contributed by atoms with Crippen LogP contribution in [0.3, 0.4) is 0 Å². The number of likely N-dealkylation sites (tertiary alicyclic amines) is 1. The minimum Gasteiger partial charge on any atom is -0.469 e. The van der Waals surface area contributed by atoms with Crippen molar-refractivity contribution in [3.8, 4) is 0 Å². The van der Waals surface area contributed by atoms with Gasteiger partial charge in [0.15, 0.2) is 0 Å². The van der Waals surface area contributed by atoms with Crippen LogP contribution in [0.1, 0.15) is 48.2 Å². The Balaban J connectivity index is 1.50. The first-order chi connectivity index (χ1) is 13.6. The maximum atomic E-state index is 13.3. The van der Waals surface area contributed by atoms with Gasteiger partial charge in [0.2, 0.25) is 5.91 Å². The molecule has 28 heavy (non-hydrogen) atoms. The van der Waals surface area contributed by atoms with Gasteiger partial charge in [-0.3, -0.25) is 9.59 Å². The van der Waals surface area contributed by atoms with E-state index in [1.54, 1.807) is 30.5 Å². The number of hydrogen-bond acceptors (Lipinski definition) is 3. The SMILES string of the molecule is O=C(NCCc1ccco1)C1CC2CCCCC2N1C(=O)c1cccc(Cl)c1. The normalized spacial score (nSPS) is 24.0. The Hall–Kier alpha value is -2.27. The van der Waals surface area contributed by atoms with Gasteiger partial charge in [-0.2, -0.15) is 0 Å². The van der Waals surface area contributed by atoms with E-state index in [1.165, 1.54) is 6.42 Å². The summed E-state index contributed by atoms with van der Waals surface area (Å²) in [6, 6.07) is 10.4. The van der Waals surface area contributed by atoms with Crippen LogP contribution in [0, 0.1) is 5.92 Å². The molecular formula is C22H25ClN2O3. The van der Waals surface area contributed by atoms with Crippen molar-refractivity contribution in [2.75, 3.05) is 6.54 Å². The second-order valence-corrected chi connectivity index (χ2v) is 8.14. The van der Waals surface area contributed by atoms with Gasteiger partial charge in [0.25, 0.3) is 5.91 Å². The van der Waals surface area contributed by atoms with Crippen molar-refractivity contribution in [1.29, 1.82) is 0 Å². The van der Waals surface area contributed by atoms with Gasteiger partial charge in [-0.15, -0.1) is 0 Å². The van der Waals surface area contributed by atoms with Crippen molar-refractivity contribution < 1.29 is 14.0 Å². The summed E-state index contributed by atoms with van der Waals surface area (Å²) in [5.74, 6) is 1.07. The average Bonchev–Trinajstić information content (AvgIpc) is 3.35. The van der Waals surface area contributed by atoms with Crippen LogP contribution in [-0.4, -0.2) is 35.3 Å². The number of rotatable bonds is 5. The van der Waals surface area contributed by atoms with E-state index in [9.17, 15) is 9.59 Å². The molecule has 5 nitrogen and oxygen atoms in total. The smallest absolute Gasteiger partial charge is 0.254 e. The molecule has 148 valence electrons. The third-order valence-corrected chi connectivity index (χ3v) is 6.18. The Morgan fingerprint density at radius 1 is 1.18 bits per heavy atom. The van der Waals surface area contributed by atoms with Crippen LogP contribution in [0.5, 0.6) is 0 Å². The largest absolute Gasteiger partial charge is 0.469 e. The lowest BCUT2D eigenvalue weighted by molar-refractivity contribution is -0.125. The molecule has 0 radical (unpaired) electrons. The summed E-state index contributed by atoms with van der Waals surface area (Å²) >= 11 is 6.09. The van der Waals surface area contributed by atoms with Crippen LogP contribution in [0.2, 0.25) is 5.02 Å². The van der Waals surface area contributed by atoms with Crippen LogP contribution in [-0.2, 0) is 11.2 Å². The maximum absolute atomic E-state index is 13.3. The molecule has 1 saturated heterocycles. The molecule has 0 spiro atoms. The zero-order valence-corrected chi connectivity index (χ0v) is 16.5. The Kier molecular flexibility index (Phi) is 5.72. The molecule has 6 heteroatoms. The Morgan fingerprint density at radius 2 is 2.04 bits per heavy atom. The average molecular weight is 401 g/mol. The second kappa shape index (κ2) is 8.39. The summed E-state index contributed by atoms with van der Waals surface area (Å²) in [4.78, 5) is 28.1. The lowest BCUT2D eigenvalue weighted by Gasteiger charge is -2.33. The molecule has 3 atom stereocenters. The van der Waals surface area contributed by atoms with E-state index in [4.69, 9.17) is 16.0 Å². The lowest BCUT2D eigenvalue weighted by atomic mass is 9.84. The molecule has 1 N–H and O–H groups in total. The highest BCUT2D eigenvalue weighted by molar-refractivity contribution is 6.31. The van der Waals surface area contributed by atoms with E-state index in [1.807, 2.05) is 17.0 Å². The summed E-state index contributed by atoms with van der Waals surface area (Å²) in [5, 5.41) is 3.53. The molecule has 1 saturated carbocycles. The third kappa shape index (κ3) is 3.95. The maximum Gasteiger partial charge on any atom is 0.254 e. The van der Waals surface area contributed by atoms with E-state index in [-0.39, 0.29) is 17.9 Å².